The van der Waals surface area contributed by atoms with E-state index < -0.39 is 0 Å². The van der Waals surface area contributed by atoms with Gasteiger partial charge in [0.15, 0.2) is 0 Å². The summed E-state index contributed by atoms with van der Waals surface area (Å²) in [5, 5.41) is 5.46. The number of hydrogen-bond donors (Lipinski definition) is 2. The molecule has 0 aliphatic rings. The van der Waals surface area contributed by atoms with Gasteiger partial charge in [0.1, 0.15) is 0 Å². The molecule has 3 amide bonds. The van der Waals surface area contributed by atoms with Crippen molar-refractivity contribution in [3.63, 3.8) is 0 Å². The lowest BCUT2D eigenvalue weighted by atomic mass is 10.1. The van der Waals surface area contributed by atoms with E-state index in [4.69, 9.17) is 0 Å². The van der Waals surface area contributed by atoms with E-state index in [0.717, 1.165) is 22.4 Å². The number of thioether (sulfide) groups is 1. The number of rotatable bonds is 8. The molecule has 7 heteroatoms. The molecule has 154 valence electrons. The van der Waals surface area contributed by atoms with Crippen LogP contribution in [0.2, 0.25) is 0 Å². The summed E-state index contributed by atoms with van der Waals surface area (Å²) in [5.41, 5.74) is 4.47. The van der Waals surface area contributed by atoms with Crippen molar-refractivity contribution >= 4 is 35.2 Å². The normalized spacial score (nSPS) is 10.3. The number of anilines is 1. The summed E-state index contributed by atoms with van der Waals surface area (Å²) in [6, 6.07) is 13.0. The molecule has 0 fully saturated rings. The van der Waals surface area contributed by atoms with Gasteiger partial charge in [0, 0.05) is 31.9 Å². The second-order valence-electron chi connectivity index (χ2n) is 6.89. The fourth-order valence-corrected chi connectivity index (χ4v) is 3.50. The van der Waals surface area contributed by atoms with Gasteiger partial charge in [-0.1, -0.05) is 29.8 Å². The first-order valence-corrected chi connectivity index (χ1v) is 10.5. The van der Waals surface area contributed by atoms with Crippen molar-refractivity contribution in [3.8, 4) is 0 Å². The number of benzene rings is 2. The number of amides is 3. The van der Waals surface area contributed by atoms with Crippen molar-refractivity contribution < 1.29 is 14.4 Å². The Kier molecular flexibility index (Phi) is 8.27. The Morgan fingerprint density at radius 3 is 2.31 bits per heavy atom. The zero-order valence-corrected chi connectivity index (χ0v) is 18.1. The van der Waals surface area contributed by atoms with Crippen LogP contribution in [0.4, 0.5) is 5.69 Å². The Morgan fingerprint density at radius 1 is 1.00 bits per heavy atom. The lowest BCUT2D eigenvalue weighted by Gasteiger charge is -2.17. The van der Waals surface area contributed by atoms with Crippen LogP contribution in [0.3, 0.4) is 0 Å². The maximum atomic E-state index is 12.3. The van der Waals surface area contributed by atoms with E-state index in [-0.39, 0.29) is 29.2 Å². The molecular weight excluding hydrogens is 386 g/mol. The van der Waals surface area contributed by atoms with Gasteiger partial charge < -0.3 is 15.5 Å². The first kappa shape index (κ1) is 22.5. The number of nitrogens with one attached hydrogen (secondary N) is 2. The van der Waals surface area contributed by atoms with Crippen LogP contribution in [0.1, 0.15) is 27.0 Å². The van der Waals surface area contributed by atoms with E-state index in [9.17, 15) is 14.4 Å². The van der Waals surface area contributed by atoms with Crippen molar-refractivity contribution in [2.24, 2.45) is 0 Å². The lowest BCUT2D eigenvalue weighted by Crippen LogP contribution is -2.28. The molecule has 0 aromatic heterocycles. The second kappa shape index (κ2) is 10.7. The largest absolute Gasteiger partial charge is 0.355 e. The Hall–Kier alpha value is -2.80. The first-order valence-electron chi connectivity index (χ1n) is 9.30. The van der Waals surface area contributed by atoms with Crippen molar-refractivity contribution in [2.45, 2.75) is 20.4 Å². The van der Waals surface area contributed by atoms with Crippen molar-refractivity contribution in [1.29, 1.82) is 0 Å². The maximum absolute atomic E-state index is 12.3. The van der Waals surface area contributed by atoms with E-state index in [1.54, 1.807) is 31.1 Å². The Morgan fingerprint density at radius 2 is 1.69 bits per heavy atom. The van der Waals surface area contributed by atoms with E-state index in [1.807, 2.05) is 44.2 Å². The Balaban J connectivity index is 1.76. The monoisotopic (exact) mass is 413 g/mol. The lowest BCUT2D eigenvalue weighted by molar-refractivity contribution is -0.127. The molecule has 0 aliphatic carbocycles. The van der Waals surface area contributed by atoms with Gasteiger partial charge in [-0.05, 0) is 43.2 Å². The van der Waals surface area contributed by atoms with Crippen LogP contribution in [-0.2, 0) is 16.1 Å². The van der Waals surface area contributed by atoms with Crippen molar-refractivity contribution in [3.05, 3.63) is 64.7 Å². The van der Waals surface area contributed by atoms with Crippen LogP contribution in [-0.4, -0.2) is 48.2 Å². The van der Waals surface area contributed by atoms with Crippen LogP contribution < -0.4 is 10.6 Å². The summed E-state index contributed by atoms with van der Waals surface area (Å²) in [4.78, 5) is 37.6. The molecule has 6 nitrogen and oxygen atoms in total. The summed E-state index contributed by atoms with van der Waals surface area (Å²) in [6.45, 7) is 4.41. The third kappa shape index (κ3) is 6.94. The van der Waals surface area contributed by atoms with Gasteiger partial charge in [0.25, 0.3) is 5.91 Å². The number of carbonyl (C=O) groups is 3. The molecular formula is C22H27N3O3S. The highest BCUT2D eigenvalue weighted by Gasteiger charge is 2.12. The van der Waals surface area contributed by atoms with Gasteiger partial charge >= 0.3 is 0 Å². The number of aryl methyl sites for hydroxylation is 2. The maximum Gasteiger partial charge on any atom is 0.251 e. The van der Waals surface area contributed by atoms with Crippen LogP contribution >= 0.6 is 11.8 Å². The third-order valence-corrected chi connectivity index (χ3v) is 5.32. The molecule has 2 aromatic rings. The number of nitrogens with zero attached hydrogens (tertiary/aromatic N) is 1. The third-order valence-electron chi connectivity index (χ3n) is 4.40. The van der Waals surface area contributed by atoms with Gasteiger partial charge in [-0.15, -0.1) is 11.8 Å². The quantitative estimate of drug-likeness (QED) is 0.697. The molecule has 0 radical (unpaired) electrons. The van der Waals surface area contributed by atoms with Gasteiger partial charge in [-0.3, -0.25) is 14.4 Å². The van der Waals surface area contributed by atoms with E-state index in [2.05, 4.69) is 10.6 Å². The average Bonchev–Trinajstić information content (AvgIpc) is 2.70. The average molecular weight is 414 g/mol. The van der Waals surface area contributed by atoms with E-state index in [0.29, 0.717) is 12.1 Å². The highest BCUT2D eigenvalue weighted by Crippen LogP contribution is 2.16. The predicted octanol–water partition coefficient (Wildman–Crippen LogP) is 2.99. The predicted molar refractivity (Wildman–Crippen MR) is 118 cm³/mol. The summed E-state index contributed by atoms with van der Waals surface area (Å²) in [6.07, 6.45) is 0. The highest BCUT2D eigenvalue weighted by molar-refractivity contribution is 8.00. The van der Waals surface area contributed by atoms with Gasteiger partial charge in [0.2, 0.25) is 11.8 Å². The molecule has 0 saturated carbocycles. The van der Waals surface area contributed by atoms with E-state index >= 15 is 0 Å². The van der Waals surface area contributed by atoms with Crippen LogP contribution in [0.15, 0.2) is 42.5 Å². The summed E-state index contributed by atoms with van der Waals surface area (Å²) in [7, 11) is 3.31. The van der Waals surface area contributed by atoms with Gasteiger partial charge in [-0.2, -0.15) is 0 Å². The minimum Gasteiger partial charge on any atom is -0.355 e. The molecule has 29 heavy (non-hydrogen) atoms. The fraction of sp³-hybridized carbons (Fsp3) is 0.318. The smallest absolute Gasteiger partial charge is 0.251 e. The Bertz CT molecular complexity index is 881. The standard InChI is InChI=1S/C22H27N3O3S/c1-15-5-10-19(16(2)11-15)24-20(26)13-29-14-21(27)25(4)12-17-6-8-18(9-7-17)22(28)23-3/h5-11H,12-14H2,1-4H3,(H,23,28)(H,24,26). The van der Waals surface area contributed by atoms with Crippen molar-refractivity contribution in [2.75, 3.05) is 30.9 Å². The molecule has 0 bridgehead atoms. The minimum atomic E-state index is -0.142. The molecule has 0 saturated heterocycles. The molecule has 0 aliphatic heterocycles. The Labute approximate surface area is 176 Å². The highest BCUT2D eigenvalue weighted by atomic mass is 32.2. The van der Waals surface area contributed by atoms with Gasteiger partial charge in [0.05, 0.1) is 11.5 Å². The molecule has 0 unspecified atom stereocenters. The number of carbonyl (C=O) groups excluding carboxylic acids is 3. The zero-order valence-electron chi connectivity index (χ0n) is 17.2. The summed E-state index contributed by atoms with van der Waals surface area (Å²) >= 11 is 1.29. The van der Waals surface area contributed by atoms with Gasteiger partial charge in [-0.25, -0.2) is 0 Å². The number of hydrogen-bond acceptors (Lipinski definition) is 4. The summed E-state index contributed by atoms with van der Waals surface area (Å²) in [5.74, 6) is 0.129. The fourth-order valence-electron chi connectivity index (χ4n) is 2.75. The molecule has 2 rings (SSSR count). The SMILES string of the molecule is CNC(=O)c1ccc(CN(C)C(=O)CSCC(=O)Nc2ccc(C)cc2C)cc1. The van der Waals surface area contributed by atoms with Crippen molar-refractivity contribution in [1.82, 2.24) is 10.2 Å². The molecule has 0 heterocycles. The molecule has 2 aromatic carbocycles. The van der Waals surface area contributed by atoms with Crippen LogP contribution in [0.25, 0.3) is 0 Å². The molecule has 0 atom stereocenters. The molecule has 0 spiro atoms. The van der Waals surface area contributed by atoms with E-state index in [1.165, 1.54) is 11.8 Å². The first-order chi connectivity index (χ1) is 13.8. The zero-order chi connectivity index (χ0) is 21.4. The second-order valence-corrected chi connectivity index (χ2v) is 7.87. The van der Waals surface area contributed by atoms with Crippen LogP contribution in [0.5, 0.6) is 0 Å². The van der Waals surface area contributed by atoms with Crippen LogP contribution in [0, 0.1) is 13.8 Å². The molecule has 2 N–H and O–H groups in total. The minimum absolute atomic E-state index is 0.0512. The summed E-state index contributed by atoms with van der Waals surface area (Å²) < 4.78 is 0. The topological polar surface area (TPSA) is 78.5 Å².